The molecule has 0 bridgehead atoms. The Bertz CT molecular complexity index is 970. The minimum absolute atomic E-state index is 0.361. The van der Waals surface area contributed by atoms with E-state index in [1.165, 1.54) is 0 Å². The van der Waals surface area contributed by atoms with Gasteiger partial charge in [0, 0.05) is 16.1 Å². The van der Waals surface area contributed by atoms with Crippen LogP contribution in [0.5, 0.6) is 5.75 Å². The molecule has 0 saturated carbocycles. The number of benzene rings is 3. The van der Waals surface area contributed by atoms with Crippen molar-refractivity contribution in [3.05, 3.63) is 83.4 Å². The van der Waals surface area contributed by atoms with E-state index in [-0.39, 0.29) is 0 Å². The van der Waals surface area contributed by atoms with E-state index in [2.05, 4.69) is 0 Å². The molecule has 3 aromatic rings. The van der Waals surface area contributed by atoms with Gasteiger partial charge in [0.25, 0.3) is 0 Å². The van der Waals surface area contributed by atoms with Crippen LogP contribution in [-0.2, 0) is 4.57 Å². The molecule has 0 radical (unpaired) electrons. The summed E-state index contributed by atoms with van der Waals surface area (Å²) in [6.45, 7) is 0. The van der Waals surface area contributed by atoms with Crippen LogP contribution in [-0.4, -0.2) is 5.11 Å². The summed E-state index contributed by atoms with van der Waals surface area (Å²) in [4.78, 5) is 0. The van der Waals surface area contributed by atoms with E-state index in [1.807, 2.05) is 30.3 Å². The van der Waals surface area contributed by atoms with Gasteiger partial charge in [-0.25, -0.2) is 0 Å². The van der Waals surface area contributed by atoms with Gasteiger partial charge >= 0.3 is 7.37 Å². The third-order valence-corrected chi connectivity index (χ3v) is 6.95. The monoisotopic (exact) mass is 356 g/mol. The van der Waals surface area contributed by atoms with E-state index in [0.717, 1.165) is 11.1 Å². The zero-order valence-electron chi connectivity index (χ0n) is 12.6. The van der Waals surface area contributed by atoms with Crippen LogP contribution in [0.2, 0.25) is 5.02 Å². The van der Waals surface area contributed by atoms with Crippen LogP contribution in [0.1, 0.15) is 11.4 Å². The van der Waals surface area contributed by atoms with Gasteiger partial charge in [0.15, 0.2) is 5.85 Å². The quantitative estimate of drug-likeness (QED) is 0.658. The second-order valence-electron chi connectivity index (χ2n) is 5.60. The van der Waals surface area contributed by atoms with Crippen LogP contribution in [0.25, 0.3) is 11.1 Å². The SMILES string of the molecule is O=P1(C(O)c2ccccc2Cl)Oc2ccccc2-c2ccccc21. The number of fused-ring (bicyclic) bond motifs is 3. The number of para-hydroxylation sites is 1. The number of aliphatic hydroxyl groups is 1. The Kier molecular flexibility index (Phi) is 3.73. The number of aliphatic hydroxyl groups excluding tert-OH is 1. The highest BCUT2D eigenvalue weighted by Crippen LogP contribution is 2.62. The lowest BCUT2D eigenvalue weighted by Crippen LogP contribution is -2.22. The van der Waals surface area contributed by atoms with Gasteiger partial charge in [-0.05, 0) is 23.8 Å². The highest BCUT2D eigenvalue weighted by atomic mass is 35.5. The number of rotatable bonds is 2. The summed E-state index contributed by atoms with van der Waals surface area (Å²) in [5.41, 5.74) is 2.08. The smallest absolute Gasteiger partial charge is 0.310 e. The maximum atomic E-state index is 13.7. The molecular weight excluding hydrogens is 343 g/mol. The van der Waals surface area contributed by atoms with Crippen LogP contribution in [0.4, 0.5) is 0 Å². The Hall–Kier alpha value is -2.06. The molecular formula is C19H14ClO3P. The van der Waals surface area contributed by atoms with Gasteiger partial charge < -0.3 is 9.63 Å². The second-order valence-corrected chi connectivity index (χ2v) is 8.35. The van der Waals surface area contributed by atoms with E-state index in [0.29, 0.717) is 21.6 Å². The Morgan fingerprint density at radius 3 is 2.29 bits per heavy atom. The molecule has 0 aliphatic carbocycles. The van der Waals surface area contributed by atoms with E-state index in [9.17, 15) is 9.67 Å². The molecule has 0 aromatic heterocycles. The summed E-state index contributed by atoms with van der Waals surface area (Å²) >= 11 is 6.19. The van der Waals surface area contributed by atoms with Gasteiger partial charge in [0.05, 0.1) is 5.30 Å². The summed E-state index contributed by atoms with van der Waals surface area (Å²) in [7, 11) is -3.60. The molecule has 0 saturated heterocycles. The Morgan fingerprint density at radius 2 is 1.50 bits per heavy atom. The lowest BCUT2D eigenvalue weighted by atomic mass is 10.0. The van der Waals surface area contributed by atoms with E-state index >= 15 is 0 Å². The summed E-state index contributed by atoms with van der Waals surface area (Å²) < 4.78 is 19.6. The predicted molar refractivity (Wildman–Crippen MR) is 96.2 cm³/mol. The van der Waals surface area contributed by atoms with Crippen molar-refractivity contribution in [2.24, 2.45) is 0 Å². The average Bonchev–Trinajstić information content (AvgIpc) is 2.62. The standard InChI is InChI=1S/C19H14ClO3P/c20-16-10-4-1-9-15(16)19(21)24(22)18-12-6-3-8-14(18)13-7-2-5-11-17(13)23-24/h1-12,19,21H. The van der Waals surface area contributed by atoms with E-state index < -0.39 is 13.2 Å². The van der Waals surface area contributed by atoms with Crippen LogP contribution in [0.15, 0.2) is 72.8 Å². The zero-order chi connectivity index (χ0) is 16.7. The third-order valence-electron chi connectivity index (χ3n) is 4.16. The molecule has 4 rings (SSSR count). The molecule has 2 unspecified atom stereocenters. The number of halogens is 1. The van der Waals surface area contributed by atoms with Crippen LogP contribution in [0, 0.1) is 0 Å². The van der Waals surface area contributed by atoms with Gasteiger partial charge in [-0.2, -0.15) is 0 Å². The Balaban J connectivity index is 1.93. The normalized spacial score (nSPS) is 19.8. The molecule has 3 aromatic carbocycles. The first-order valence-corrected chi connectivity index (χ1v) is 9.59. The largest absolute Gasteiger partial charge is 0.437 e. The first kappa shape index (κ1) is 15.5. The molecule has 1 N–H and O–H groups in total. The molecule has 0 fully saturated rings. The minimum Gasteiger partial charge on any atom is -0.437 e. The van der Waals surface area contributed by atoms with E-state index in [1.54, 1.807) is 42.5 Å². The lowest BCUT2D eigenvalue weighted by Gasteiger charge is -2.31. The molecule has 1 aliphatic heterocycles. The van der Waals surface area contributed by atoms with Crippen molar-refractivity contribution in [1.82, 2.24) is 0 Å². The molecule has 1 aliphatic rings. The fourth-order valence-corrected chi connectivity index (χ4v) is 5.63. The first-order valence-electron chi connectivity index (χ1n) is 7.52. The maximum Gasteiger partial charge on any atom is 0.310 e. The van der Waals surface area contributed by atoms with Crippen molar-refractivity contribution in [3.8, 4) is 16.9 Å². The Morgan fingerprint density at radius 1 is 0.875 bits per heavy atom. The fraction of sp³-hybridized carbons (Fsp3) is 0.0526. The van der Waals surface area contributed by atoms with Gasteiger partial charge in [-0.15, -0.1) is 0 Å². The van der Waals surface area contributed by atoms with Gasteiger partial charge in [0.1, 0.15) is 5.75 Å². The summed E-state index contributed by atoms with van der Waals surface area (Å²) in [6, 6.07) is 21.6. The van der Waals surface area contributed by atoms with E-state index in [4.69, 9.17) is 16.1 Å². The second kappa shape index (κ2) is 5.78. The molecule has 0 spiro atoms. The van der Waals surface area contributed by atoms with Crippen molar-refractivity contribution in [2.75, 3.05) is 0 Å². The van der Waals surface area contributed by atoms with Crippen molar-refractivity contribution < 1.29 is 14.2 Å². The van der Waals surface area contributed by atoms with Gasteiger partial charge in [-0.1, -0.05) is 66.2 Å². The highest BCUT2D eigenvalue weighted by molar-refractivity contribution is 7.68. The summed E-state index contributed by atoms with van der Waals surface area (Å²) in [6.07, 6.45) is 0. The van der Waals surface area contributed by atoms with Crippen molar-refractivity contribution in [2.45, 2.75) is 5.85 Å². The molecule has 5 heteroatoms. The lowest BCUT2D eigenvalue weighted by molar-refractivity contribution is 0.240. The van der Waals surface area contributed by atoms with Crippen LogP contribution in [0.3, 0.4) is 0 Å². The molecule has 2 atom stereocenters. The zero-order valence-corrected chi connectivity index (χ0v) is 14.2. The number of hydrogen-bond donors (Lipinski definition) is 1. The van der Waals surface area contributed by atoms with Crippen molar-refractivity contribution in [1.29, 1.82) is 0 Å². The van der Waals surface area contributed by atoms with Gasteiger partial charge in [-0.3, -0.25) is 4.57 Å². The fourth-order valence-electron chi connectivity index (χ4n) is 2.99. The van der Waals surface area contributed by atoms with Crippen molar-refractivity contribution >= 4 is 24.3 Å². The minimum atomic E-state index is -3.60. The predicted octanol–water partition coefficient (Wildman–Crippen LogP) is 4.99. The molecule has 120 valence electrons. The Labute approximate surface area is 144 Å². The molecule has 1 heterocycles. The third kappa shape index (κ3) is 2.29. The molecule has 24 heavy (non-hydrogen) atoms. The number of hydrogen-bond acceptors (Lipinski definition) is 3. The maximum absolute atomic E-state index is 13.7. The summed E-state index contributed by atoms with van der Waals surface area (Å²) in [5.74, 6) is -0.827. The highest BCUT2D eigenvalue weighted by Gasteiger charge is 2.43. The van der Waals surface area contributed by atoms with Gasteiger partial charge in [0.2, 0.25) is 0 Å². The summed E-state index contributed by atoms with van der Waals surface area (Å²) in [5, 5.41) is 11.8. The molecule has 3 nitrogen and oxygen atoms in total. The van der Waals surface area contributed by atoms with Crippen LogP contribution < -0.4 is 9.83 Å². The topological polar surface area (TPSA) is 46.5 Å². The first-order chi connectivity index (χ1) is 11.6. The molecule has 0 amide bonds. The van der Waals surface area contributed by atoms with Crippen LogP contribution >= 0.6 is 19.0 Å². The van der Waals surface area contributed by atoms with Crippen molar-refractivity contribution in [3.63, 3.8) is 0 Å². The average molecular weight is 357 g/mol.